The van der Waals surface area contributed by atoms with Crippen LogP contribution in [-0.2, 0) is 6.18 Å². The second-order valence-electron chi connectivity index (χ2n) is 4.80. The van der Waals surface area contributed by atoms with E-state index in [1.807, 2.05) is 0 Å². The predicted octanol–water partition coefficient (Wildman–Crippen LogP) is 1.80. The Bertz CT molecular complexity index is 1020. The summed E-state index contributed by atoms with van der Waals surface area (Å²) in [5, 5.41) is -0.136. The zero-order chi connectivity index (χ0) is 16.8. The molecule has 0 aliphatic rings. The van der Waals surface area contributed by atoms with Crippen molar-refractivity contribution in [3.05, 3.63) is 62.6 Å². The number of nitrogens with zero attached hydrogens (tertiary/aromatic N) is 3. The lowest BCUT2D eigenvalue weighted by molar-refractivity contribution is -0.141. The fourth-order valence-electron chi connectivity index (χ4n) is 2.18. The largest absolute Gasteiger partial charge is 0.433 e. The van der Waals surface area contributed by atoms with Crippen molar-refractivity contribution >= 4 is 11.0 Å². The van der Waals surface area contributed by atoms with Crippen LogP contribution in [0.1, 0.15) is 11.3 Å². The van der Waals surface area contributed by atoms with Gasteiger partial charge in [0.25, 0.3) is 5.56 Å². The Morgan fingerprint density at radius 2 is 1.91 bits per heavy atom. The Morgan fingerprint density at radius 1 is 1.17 bits per heavy atom. The second-order valence-corrected chi connectivity index (χ2v) is 4.80. The van der Waals surface area contributed by atoms with Crippen LogP contribution < -0.4 is 11.2 Å². The van der Waals surface area contributed by atoms with E-state index in [1.54, 1.807) is 19.1 Å². The molecule has 118 valence electrons. The molecule has 0 aromatic carbocycles. The number of pyridine rings is 2. The van der Waals surface area contributed by atoms with Crippen molar-refractivity contribution in [3.8, 4) is 5.82 Å². The minimum atomic E-state index is -4.70. The van der Waals surface area contributed by atoms with Crippen LogP contribution in [0.4, 0.5) is 13.2 Å². The van der Waals surface area contributed by atoms with Gasteiger partial charge < -0.3 is 0 Å². The quantitative estimate of drug-likeness (QED) is 0.741. The molecule has 3 rings (SSSR count). The topological polar surface area (TPSA) is 80.6 Å². The van der Waals surface area contributed by atoms with Crippen LogP contribution in [0.2, 0.25) is 0 Å². The number of aryl methyl sites for hydroxylation is 1. The lowest BCUT2D eigenvalue weighted by Crippen LogP contribution is -2.31. The molecule has 1 N–H and O–H groups in total. The fraction of sp³-hybridized carbons (Fsp3) is 0.143. The van der Waals surface area contributed by atoms with Crippen LogP contribution in [-0.4, -0.2) is 19.5 Å². The zero-order valence-corrected chi connectivity index (χ0v) is 11.7. The van der Waals surface area contributed by atoms with Crippen LogP contribution in [0.15, 0.2) is 40.1 Å². The Morgan fingerprint density at radius 3 is 2.57 bits per heavy atom. The molecule has 0 aliphatic heterocycles. The van der Waals surface area contributed by atoms with Gasteiger partial charge in [0.1, 0.15) is 11.5 Å². The van der Waals surface area contributed by atoms with Crippen molar-refractivity contribution < 1.29 is 13.2 Å². The van der Waals surface area contributed by atoms with Crippen LogP contribution >= 0.6 is 0 Å². The van der Waals surface area contributed by atoms with Crippen molar-refractivity contribution in [2.24, 2.45) is 0 Å². The summed E-state index contributed by atoms with van der Waals surface area (Å²) in [6.07, 6.45) is -3.31. The van der Waals surface area contributed by atoms with Crippen molar-refractivity contribution in [2.45, 2.75) is 13.1 Å². The van der Waals surface area contributed by atoms with Crippen LogP contribution in [0.25, 0.3) is 16.9 Å². The summed E-state index contributed by atoms with van der Waals surface area (Å²) in [6.45, 7) is 1.64. The minimum absolute atomic E-state index is 0.102. The van der Waals surface area contributed by atoms with E-state index in [9.17, 15) is 22.8 Å². The molecule has 0 radical (unpaired) electrons. The van der Waals surface area contributed by atoms with E-state index in [1.165, 1.54) is 6.20 Å². The summed E-state index contributed by atoms with van der Waals surface area (Å²) in [5.74, 6) is 0.102. The standard InChI is InChI=1S/C14H9F3N4O2/c1-7-3-2-6-18-10(7)21-11-8(12(22)20-13(21)23)4-5-9(19-11)14(15,16)17/h2-6H,1H3,(H,20,22,23). The van der Waals surface area contributed by atoms with Gasteiger partial charge in [-0.1, -0.05) is 6.07 Å². The van der Waals surface area contributed by atoms with Crippen LogP contribution in [0.5, 0.6) is 0 Å². The Kier molecular flexibility index (Phi) is 3.28. The number of hydrogen-bond donors (Lipinski definition) is 1. The average Bonchev–Trinajstić information content (AvgIpc) is 2.47. The molecule has 0 aliphatic carbocycles. The highest BCUT2D eigenvalue weighted by Gasteiger charge is 2.33. The monoisotopic (exact) mass is 322 g/mol. The number of aromatic nitrogens is 4. The molecule has 0 fully saturated rings. The predicted molar refractivity (Wildman–Crippen MR) is 75.5 cm³/mol. The van der Waals surface area contributed by atoms with Crippen molar-refractivity contribution in [2.75, 3.05) is 0 Å². The third kappa shape index (κ3) is 2.50. The Labute approximate surface area is 126 Å². The highest BCUT2D eigenvalue weighted by atomic mass is 19.4. The summed E-state index contributed by atoms with van der Waals surface area (Å²) in [6, 6.07) is 4.93. The Hall–Kier alpha value is -2.97. The van der Waals surface area contributed by atoms with Gasteiger partial charge in [-0.2, -0.15) is 13.2 Å². The summed E-state index contributed by atoms with van der Waals surface area (Å²) in [4.78, 5) is 33.5. The van der Waals surface area contributed by atoms with Gasteiger partial charge >= 0.3 is 11.9 Å². The molecule has 0 atom stereocenters. The lowest BCUT2D eigenvalue weighted by Gasteiger charge is -2.12. The van der Waals surface area contributed by atoms with Crippen molar-refractivity contribution in [1.82, 2.24) is 19.5 Å². The van der Waals surface area contributed by atoms with E-state index in [2.05, 4.69) is 15.0 Å². The molecular weight excluding hydrogens is 313 g/mol. The third-order valence-electron chi connectivity index (χ3n) is 3.24. The minimum Gasteiger partial charge on any atom is -0.273 e. The number of alkyl halides is 3. The van der Waals surface area contributed by atoms with Gasteiger partial charge in [0, 0.05) is 6.20 Å². The van der Waals surface area contributed by atoms with E-state index in [-0.39, 0.29) is 11.2 Å². The molecule has 3 heterocycles. The molecule has 0 saturated heterocycles. The molecule has 0 unspecified atom stereocenters. The highest BCUT2D eigenvalue weighted by Crippen LogP contribution is 2.28. The summed E-state index contributed by atoms with van der Waals surface area (Å²) in [7, 11) is 0. The lowest BCUT2D eigenvalue weighted by atomic mass is 10.2. The normalized spacial score (nSPS) is 11.8. The van der Waals surface area contributed by atoms with E-state index in [4.69, 9.17) is 0 Å². The Balaban J connectivity index is 2.48. The van der Waals surface area contributed by atoms with Crippen LogP contribution in [0, 0.1) is 6.92 Å². The molecule has 0 amide bonds. The van der Waals surface area contributed by atoms with Crippen molar-refractivity contribution in [1.29, 1.82) is 0 Å². The van der Waals surface area contributed by atoms with Gasteiger partial charge in [-0.15, -0.1) is 0 Å². The number of fused-ring (bicyclic) bond motifs is 1. The molecule has 23 heavy (non-hydrogen) atoms. The second kappa shape index (κ2) is 5.04. The first kappa shape index (κ1) is 14.9. The zero-order valence-electron chi connectivity index (χ0n) is 11.7. The summed E-state index contributed by atoms with van der Waals surface area (Å²) >= 11 is 0. The number of hydrogen-bond acceptors (Lipinski definition) is 4. The maximum absolute atomic E-state index is 12.9. The molecule has 3 aromatic rings. The SMILES string of the molecule is Cc1cccnc1-n1c(=O)[nH]c(=O)c2ccc(C(F)(F)F)nc21. The summed E-state index contributed by atoms with van der Waals surface area (Å²) in [5.41, 5.74) is -2.76. The van der Waals surface area contributed by atoms with E-state index < -0.39 is 28.8 Å². The smallest absolute Gasteiger partial charge is 0.273 e. The first-order valence-corrected chi connectivity index (χ1v) is 6.44. The van der Waals surface area contributed by atoms with Gasteiger partial charge in [-0.25, -0.2) is 19.3 Å². The van der Waals surface area contributed by atoms with E-state index in [0.717, 1.165) is 10.6 Å². The van der Waals surface area contributed by atoms with Gasteiger partial charge in [0.05, 0.1) is 5.39 Å². The molecule has 0 bridgehead atoms. The molecule has 6 nitrogen and oxygen atoms in total. The number of halogens is 3. The van der Waals surface area contributed by atoms with Gasteiger partial charge in [0.15, 0.2) is 5.65 Å². The molecule has 0 spiro atoms. The van der Waals surface area contributed by atoms with Gasteiger partial charge in [0.2, 0.25) is 0 Å². The van der Waals surface area contributed by atoms with Crippen LogP contribution in [0.3, 0.4) is 0 Å². The number of aromatic amines is 1. The molecule has 0 saturated carbocycles. The maximum atomic E-state index is 12.9. The number of H-pyrrole nitrogens is 1. The van der Waals surface area contributed by atoms with Crippen molar-refractivity contribution in [3.63, 3.8) is 0 Å². The maximum Gasteiger partial charge on any atom is 0.433 e. The van der Waals surface area contributed by atoms with E-state index in [0.29, 0.717) is 11.6 Å². The number of nitrogens with one attached hydrogen (secondary N) is 1. The highest BCUT2D eigenvalue weighted by molar-refractivity contribution is 5.75. The van der Waals surface area contributed by atoms with Gasteiger partial charge in [-0.3, -0.25) is 9.78 Å². The fourth-order valence-corrected chi connectivity index (χ4v) is 2.18. The molecular formula is C14H9F3N4O2. The first-order chi connectivity index (χ1) is 10.8. The third-order valence-corrected chi connectivity index (χ3v) is 3.24. The average molecular weight is 322 g/mol. The molecule has 3 aromatic heterocycles. The molecule has 9 heteroatoms. The summed E-state index contributed by atoms with van der Waals surface area (Å²) < 4.78 is 39.5. The number of rotatable bonds is 1. The first-order valence-electron chi connectivity index (χ1n) is 6.44. The van der Waals surface area contributed by atoms with Gasteiger partial charge in [-0.05, 0) is 30.7 Å². The van der Waals surface area contributed by atoms with E-state index >= 15 is 0 Å².